The molecule has 0 radical (unpaired) electrons. The monoisotopic (exact) mass is 328 g/mol. The molecule has 6 nitrogen and oxygen atoms in total. The van der Waals surface area contributed by atoms with Gasteiger partial charge in [-0.3, -0.25) is 0 Å². The second-order valence-electron chi connectivity index (χ2n) is 7.95. The van der Waals surface area contributed by atoms with Crippen molar-refractivity contribution >= 4 is 0 Å². The van der Waals surface area contributed by atoms with Gasteiger partial charge in [0.2, 0.25) is 0 Å². The molecular weight excluding hydrogens is 300 g/mol. The first-order valence-corrected chi connectivity index (χ1v) is 8.82. The minimum absolute atomic E-state index is 0.0359. The molecule has 6 heteroatoms. The lowest BCUT2D eigenvalue weighted by atomic mass is 9.79. The summed E-state index contributed by atoms with van der Waals surface area (Å²) in [5.74, 6) is 0. The second-order valence-corrected chi connectivity index (χ2v) is 7.95. The molecule has 0 aromatic heterocycles. The van der Waals surface area contributed by atoms with Crippen molar-refractivity contribution < 1.29 is 28.4 Å². The largest absolute Gasteiger partial charge is 0.412 e. The Morgan fingerprint density at radius 2 is 1.35 bits per heavy atom. The van der Waals surface area contributed by atoms with E-state index in [4.69, 9.17) is 28.4 Å². The molecule has 2 unspecified atom stereocenters. The molecule has 0 aromatic carbocycles. The standard InChI is InChI=1S/C17H28O6/c1-13-3-4-16(8-19-13)11-22-17(23-12-16)20-9-15(10-21-17)5-6-18-14(2)7-15/h13-14H,3-12H2,1-2H3. The first kappa shape index (κ1) is 16.2. The molecule has 4 saturated heterocycles. The zero-order valence-corrected chi connectivity index (χ0v) is 14.2. The highest BCUT2D eigenvalue weighted by molar-refractivity contribution is 4.89. The molecule has 4 rings (SSSR count). The van der Waals surface area contributed by atoms with Gasteiger partial charge < -0.3 is 28.4 Å². The van der Waals surface area contributed by atoms with Crippen molar-refractivity contribution in [3.63, 3.8) is 0 Å². The predicted octanol–water partition coefficient (Wildman–Crippen LogP) is 2.06. The van der Waals surface area contributed by atoms with E-state index in [1.165, 1.54) is 0 Å². The van der Waals surface area contributed by atoms with Crippen molar-refractivity contribution in [2.45, 2.75) is 57.9 Å². The van der Waals surface area contributed by atoms with Crippen LogP contribution < -0.4 is 0 Å². The first-order chi connectivity index (χ1) is 11.0. The van der Waals surface area contributed by atoms with Crippen molar-refractivity contribution in [1.29, 1.82) is 0 Å². The van der Waals surface area contributed by atoms with Crippen LogP contribution in [0.15, 0.2) is 0 Å². The van der Waals surface area contributed by atoms with Crippen LogP contribution in [-0.4, -0.2) is 58.0 Å². The fraction of sp³-hybridized carbons (Fsp3) is 1.00. The first-order valence-electron chi connectivity index (χ1n) is 8.82. The molecular formula is C17H28O6. The highest BCUT2D eigenvalue weighted by Crippen LogP contribution is 2.44. The molecule has 132 valence electrons. The zero-order valence-electron chi connectivity index (χ0n) is 14.2. The molecule has 0 aromatic rings. The van der Waals surface area contributed by atoms with E-state index >= 15 is 0 Å². The Balaban J connectivity index is 1.34. The maximum Gasteiger partial charge on any atom is 0.412 e. The van der Waals surface area contributed by atoms with E-state index in [0.717, 1.165) is 32.3 Å². The summed E-state index contributed by atoms with van der Waals surface area (Å²) < 4.78 is 35.1. The van der Waals surface area contributed by atoms with Crippen molar-refractivity contribution in [2.75, 3.05) is 39.6 Å². The quantitative estimate of drug-likeness (QED) is 0.678. The minimum Gasteiger partial charge on any atom is -0.378 e. The molecule has 0 bridgehead atoms. The van der Waals surface area contributed by atoms with Crippen molar-refractivity contribution in [2.24, 2.45) is 10.8 Å². The van der Waals surface area contributed by atoms with Gasteiger partial charge in [-0.25, -0.2) is 0 Å². The van der Waals surface area contributed by atoms with Gasteiger partial charge in [-0.2, -0.15) is 0 Å². The van der Waals surface area contributed by atoms with Gasteiger partial charge in [0, 0.05) is 17.4 Å². The summed E-state index contributed by atoms with van der Waals surface area (Å²) >= 11 is 0. The Labute approximate surface area is 137 Å². The average molecular weight is 328 g/mol. The van der Waals surface area contributed by atoms with Gasteiger partial charge in [-0.1, -0.05) is 0 Å². The predicted molar refractivity (Wildman–Crippen MR) is 80.7 cm³/mol. The van der Waals surface area contributed by atoms with E-state index in [1.54, 1.807) is 0 Å². The average Bonchev–Trinajstić information content (AvgIpc) is 2.57. The van der Waals surface area contributed by atoms with E-state index in [0.29, 0.717) is 39.1 Å². The van der Waals surface area contributed by atoms with Gasteiger partial charge in [0.15, 0.2) is 0 Å². The van der Waals surface area contributed by atoms with Crippen LogP contribution in [0.25, 0.3) is 0 Å². The third-order valence-electron chi connectivity index (χ3n) is 5.73. The molecule has 2 atom stereocenters. The Hall–Kier alpha value is -0.240. The minimum atomic E-state index is -1.30. The van der Waals surface area contributed by atoms with Crippen LogP contribution >= 0.6 is 0 Å². The van der Waals surface area contributed by atoms with Crippen LogP contribution in [0.1, 0.15) is 39.5 Å². The van der Waals surface area contributed by atoms with E-state index in [2.05, 4.69) is 13.8 Å². The molecule has 0 aliphatic carbocycles. The van der Waals surface area contributed by atoms with E-state index in [9.17, 15) is 0 Å². The molecule has 4 aliphatic heterocycles. The fourth-order valence-electron chi connectivity index (χ4n) is 4.02. The molecule has 4 heterocycles. The number of hydrogen-bond donors (Lipinski definition) is 0. The maximum atomic E-state index is 5.94. The second kappa shape index (κ2) is 5.93. The van der Waals surface area contributed by atoms with Crippen LogP contribution in [0.3, 0.4) is 0 Å². The molecule has 0 saturated carbocycles. The van der Waals surface area contributed by atoms with Crippen molar-refractivity contribution in [3.8, 4) is 0 Å². The molecule has 0 amide bonds. The van der Waals surface area contributed by atoms with Crippen molar-refractivity contribution in [3.05, 3.63) is 0 Å². The molecule has 0 N–H and O–H groups in total. The van der Waals surface area contributed by atoms with Crippen LogP contribution in [0, 0.1) is 10.8 Å². The van der Waals surface area contributed by atoms with Gasteiger partial charge >= 0.3 is 6.16 Å². The van der Waals surface area contributed by atoms with Crippen molar-refractivity contribution in [1.82, 2.24) is 0 Å². The normalized spacial score (nSPS) is 51.4. The summed E-state index contributed by atoms with van der Waals surface area (Å²) in [5.41, 5.74) is -0.0129. The maximum absolute atomic E-state index is 5.94. The van der Waals surface area contributed by atoms with Gasteiger partial charge in [0.1, 0.15) is 0 Å². The zero-order chi connectivity index (χ0) is 16.0. The Bertz CT molecular complexity index is 411. The fourth-order valence-corrected chi connectivity index (χ4v) is 4.02. The highest BCUT2D eigenvalue weighted by Gasteiger charge is 2.54. The number of rotatable bonds is 0. The Morgan fingerprint density at radius 1 is 0.696 bits per heavy atom. The summed E-state index contributed by atoms with van der Waals surface area (Å²) in [6.45, 7) is 7.98. The van der Waals surface area contributed by atoms with Crippen LogP contribution in [0.4, 0.5) is 0 Å². The third kappa shape index (κ3) is 3.17. The topological polar surface area (TPSA) is 55.4 Å². The van der Waals surface area contributed by atoms with Gasteiger partial charge in [0.05, 0.1) is 45.2 Å². The molecule has 23 heavy (non-hydrogen) atoms. The third-order valence-corrected chi connectivity index (χ3v) is 5.73. The van der Waals surface area contributed by atoms with E-state index in [-0.39, 0.29) is 16.9 Å². The lowest BCUT2D eigenvalue weighted by Gasteiger charge is -2.51. The number of hydrogen-bond acceptors (Lipinski definition) is 6. The van der Waals surface area contributed by atoms with Crippen LogP contribution in [0.5, 0.6) is 0 Å². The summed E-state index contributed by atoms with van der Waals surface area (Å²) in [4.78, 5) is 0. The summed E-state index contributed by atoms with van der Waals surface area (Å²) in [6.07, 6.45) is 3.30. The van der Waals surface area contributed by atoms with Gasteiger partial charge in [-0.15, -0.1) is 0 Å². The SMILES string of the molecule is CC1CCC2(CO1)COC1(OC2)OCC2(CCOC(C)C2)CO1. The summed E-state index contributed by atoms with van der Waals surface area (Å²) in [6, 6.07) is 0. The molecule has 4 aliphatic rings. The highest BCUT2D eigenvalue weighted by atomic mass is 17.0. The summed E-state index contributed by atoms with van der Waals surface area (Å²) in [7, 11) is 0. The summed E-state index contributed by atoms with van der Waals surface area (Å²) in [5, 5.41) is 0. The van der Waals surface area contributed by atoms with E-state index < -0.39 is 6.16 Å². The van der Waals surface area contributed by atoms with Gasteiger partial charge in [0.25, 0.3) is 0 Å². The Kier molecular flexibility index (Phi) is 4.19. The molecule has 4 fully saturated rings. The van der Waals surface area contributed by atoms with E-state index in [1.807, 2.05) is 0 Å². The molecule has 3 spiro atoms. The van der Waals surface area contributed by atoms with Gasteiger partial charge in [-0.05, 0) is 39.5 Å². The number of ether oxygens (including phenoxy) is 6. The lowest BCUT2D eigenvalue weighted by molar-refractivity contribution is -0.550. The van der Waals surface area contributed by atoms with Crippen LogP contribution in [-0.2, 0) is 28.4 Å². The smallest absolute Gasteiger partial charge is 0.378 e. The van der Waals surface area contributed by atoms with Crippen LogP contribution in [0.2, 0.25) is 0 Å². The lowest BCUT2D eigenvalue weighted by Crippen LogP contribution is -2.60. The Morgan fingerprint density at radius 3 is 1.91 bits per heavy atom.